The first-order valence-electron chi connectivity index (χ1n) is 10.5. The summed E-state index contributed by atoms with van der Waals surface area (Å²) in [5.41, 5.74) is 0. The molecule has 7 heteroatoms. The van der Waals surface area contributed by atoms with Crippen molar-refractivity contribution in [2.24, 2.45) is 11.8 Å². The fourth-order valence-corrected chi connectivity index (χ4v) is 6.36. The van der Waals surface area contributed by atoms with Gasteiger partial charge in [0.2, 0.25) is 15.9 Å². The second-order valence-electron chi connectivity index (χ2n) is 8.09. The molecule has 1 unspecified atom stereocenters. The predicted octanol–water partition coefficient (Wildman–Crippen LogP) is 4.22. The van der Waals surface area contributed by atoms with Crippen LogP contribution in [0.2, 0.25) is 5.02 Å². The summed E-state index contributed by atoms with van der Waals surface area (Å²) in [5, 5.41) is 3.36. The van der Waals surface area contributed by atoms with Crippen LogP contribution in [0.4, 0.5) is 0 Å². The van der Waals surface area contributed by atoms with Crippen LogP contribution in [0, 0.1) is 11.8 Å². The molecule has 28 heavy (non-hydrogen) atoms. The summed E-state index contributed by atoms with van der Waals surface area (Å²) in [7, 11) is -3.60. The SMILES string of the molecule is O=C(NCC1CCCN(S(=O)(=O)c2ccccc2Cl)C1)C1CCCCCCC1. The van der Waals surface area contributed by atoms with Crippen molar-refractivity contribution in [2.75, 3.05) is 19.6 Å². The van der Waals surface area contributed by atoms with E-state index >= 15 is 0 Å². The lowest BCUT2D eigenvalue weighted by Gasteiger charge is -2.32. The number of amides is 1. The van der Waals surface area contributed by atoms with Crippen LogP contribution in [0.15, 0.2) is 29.2 Å². The van der Waals surface area contributed by atoms with Gasteiger partial charge in [0.1, 0.15) is 4.90 Å². The van der Waals surface area contributed by atoms with E-state index in [1.165, 1.54) is 23.6 Å². The maximum absolute atomic E-state index is 13.0. The molecule has 1 saturated heterocycles. The number of rotatable bonds is 5. The van der Waals surface area contributed by atoms with E-state index < -0.39 is 10.0 Å². The lowest BCUT2D eigenvalue weighted by molar-refractivity contribution is -0.125. The molecule has 1 aromatic rings. The van der Waals surface area contributed by atoms with E-state index in [9.17, 15) is 13.2 Å². The number of hydrogen-bond donors (Lipinski definition) is 1. The van der Waals surface area contributed by atoms with Crippen LogP contribution >= 0.6 is 11.6 Å². The number of carbonyl (C=O) groups excluding carboxylic acids is 1. The molecule has 1 amide bonds. The zero-order valence-electron chi connectivity index (χ0n) is 16.4. The number of carbonyl (C=O) groups is 1. The van der Waals surface area contributed by atoms with E-state index in [0.29, 0.717) is 19.6 Å². The molecule has 156 valence electrons. The minimum atomic E-state index is -3.60. The van der Waals surface area contributed by atoms with Crippen molar-refractivity contribution < 1.29 is 13.2 Å². The van der Waals surface area contributed by atoms with Crippen LogP contribution in [0.1, 0.15) is 57.8 Å². The largest absolute Gasteiger partial charge is 0.356 e. The Hall–Kier alpha value is -1.11. The van der Waals surface area contributed by atoms with Crippen molar-refractivity contribution >= 4 is 27.5 Å². The average Bonchev–Trinajstić information content (AvgIpc) is 2.66. The molecule has 2 aliphatic rings. The Balaban J connectivity index is 1.56. The van der Waals surface area contributed by atoms with Crippen LogP contribution in [-0.4, -0.2) is 38.3 Å². The van der Waals surface area contributed by atoms with Crippen LogP contribution in [0.25, 0.3) is 0 Å². The monoisotopic (exact) mass is 426 g/mol. The zero-order valence-corrected chi connectivity index (χ0v) is 18.0. The number of halogens is 1. The number of benzene rings is 1. The number of hydrogen-bond acceptors (Lipinski definition) is 3. The lowest BCUT2D eigenvalue weighted by atomic mass is 9.90. The first-order valence-corrected chi connectivity index (χ1v) is 12.3. The molecular weight excluding hydrogens is 396 g/mol. The van der Waals surface area contributed by atoms with Crippen LogP contribution in [-0.2, 0) is 14.8 Å². The molecule has 2 fully saturated rings. The number of piperidine rings is 1. The van der Waals surface area contributed by atoms with E-state index in [4.69, 9.17) is 11.6 Å². The molecule has 1 N–H and O–H groups in total. The highest BCUT2D eigenvalue weighted by atomic mass is 35.5. The fourth-order valence-electron chi connectivity index (χ4n) is 4.31. The van der Waals surface area contributed by atoms with Crippen molar-refractivity contribution in [3.63, 3.8) is 0 Å². The Morgan fingerprint density at radius 1 is 1.04 bits per heavy atom. The molecule has 1 aromatic carbocycles. The average molecular weight is 427 g/mol. The van der Waals surface area contributed by atoms with E-state index in [1.807, 2.05) is 0 Å². The summed E-state index contributed by atoms with van der Waals surface area (Å²) in [4.78, 5) is 12.8. The van der Waals surface area contributed by atoms with Crippen molar-refractivity contribution in [1.82, 2.24) is 9.62 Å². The summed E-state index contributed by atoms with van der Waals surface area (Å²) >= 11 is 6.12. The van der Waals surface area contributed by atoms with Gasteiger partial charge in [0.25, 0.3) is 0 Å². The fraction of sp³-hybridized carbons (Fsp3) is 0.667. The van der Waals surface area contributed by atoms with E-state index in [1.54, 1.807) is 24.3 Å². The highest BCUT2D eigenvalue weighted by Gasteiger charge is 2.32. The molecule has 1 saturated carbocycles. The Bertz CT molecular complexity index is 761. The van der Waals surface area contributed by atoms with Crippen LogP contribution in [0.5, 0.6) is 0 Å². The van der Waals surface area contributed by atoms with Gasteiger partial charge in [-0.2, -0.15) is 4.31 Å². The van der Waals surface area contributed by atoms with Crippen LogP contribution in [0.3, 0.4) is 0 Å². The van der Waals surface area contributed by atoms with E-state index in [0.717, 1.165) is 38.5 Å². The molecule has 1 heterocycles. The van der Waals surface area contributed by atoms with Gasteiger partial charge in [0, 0.05) is 25.6 Å². The van der Waals surface area contributed by atoms with Gasteiger partial charge in [0.15, 0.2) is 0 Å². The third-order valence-corrected chi connectivity index (χ3v) is 8.34. The third kappa shape index (κ3) is 5.49. The summed E-state index contributed by atoms with van der Waals surface area (Å²) in [6.45, 7) is 1.48. The molecule has 1 aliphatic heterocycles. The standard InChI is InChI=1S/C21H31ClN2O3S/c22-19-12-6-7-13-20(19)28(26,27)24-14-8-9-17(16-24)15-23-21(25)18-10-4-2-1-3-5-11-18/h6-7,12-13,17-18H,1-5,8-11,14-16H2,(H,23,25). The summed E-state index contributed by atoms with van der Waals surface area (Å²) in [5.74, 6) is 0.406. The van der Waals surface area contributed by atoms with Crippen molar-refractivity contribution in [2.45, 2.75) is 62.7 Å². The summed E-state index contributed by atoms with van der Waals surface area (Å²) in [6.07, 6.45) is 9.67. The first kappa shape index (κ1) is 21.6. The summed E-state index contributed by atoms with van der Waals surface area (Å²) in [6, 6.07) is 6.57. The Labute approximate surface area is 173 Å². The molecule has 0 aromatic heterocycles. The quantitative estimate of drug-likeness (QED) is 0.766. The Morgan fingerprint density at radius 2 is 1.71 bits per heavy atom. The summed E-state index contributed by atoms with van der Waals surface area (Å²) < 4.78 is 27.4. The maximum Gasteiger partial charge on any atom is 0.244 e. The Kier molecular flexibility index (Phi) is 7.77. The van der Waals surface area contributed by atoms with Gasteiger partial charge in [0.05, 0.1) is 5.02 Å². The zero-order chi connectivity index (χ0) is 20.0. The molecule has 1 atom stereocenters. The van der Waals surface area contributed by atoms with Crippen molar-refractivity contribution in [3.8, 4) is 0 Å². The second-order valence-corrected chi connectivity index (χ2v) is 10.4. The number of sulfonamides is 1. The van der Waals surface area contributed by atoms with E-state index in [-0.39, 0.29) is 27.7 Å². The van der Waals surface area contributed by atoms with Crippen molar-refractivity contribution in [1.29, 1.82) is 0 Å². The van der Waals surface area contributed by atoms with Crippen molar-refractivity contribution in [3.05, 3.63) is 29.3 Å². The lowest BCUT2D eigenvalue weighted by Crippen LogP contribution is -2.44. The topological polar surface area (TPSA) is 66.5 Å². The molecule has 1 aliphatic carbocycles. The molecule has 0 spiro atoms. The molecule has 0 radical (unpaired) electrons. The molecule has 5 nitrogen and oxygen atoms in total. The highest BCUT2D eigenvalue weighted by molar-refractivity contribution is 7.89. The minimum absolute atomic E-state index is 0.117. The number of nitrogens with one attached hydrogen (secondary N) is 1. The third-order valence-electron chi connectivity index (χ3n) is 5.98. The van der Waals surface area contributed by atoms with Gasteiger partial charge in [-0.05, 0) is 43.7 Å². The highest BCUT2D eigenvalue weighted by Crippen LogP contribution is 2.28. The van der Waals surface area contributed by atoms with Gasteiger partial charge in [-0.1, -0.05) is 55.8 Å². The Morgan fingerprint density at radius 3 is 2.43 bits per heavy atom. The van der Waals surface area contributed by atoms with Gasteiger partial charge in [-0.3, -0.25) is 4.79 Å². The second kappa shape index (κ2) is 10.1. The van der Waals surface area contributed by atoms with Gasteiger partial charge < -0.3 is 5.32 Å². The minimum Gasteiger partial charge on any atom is -0.356 e. The maximum atomic E-state index is 13.0. The number of nitrogens with zero attached hydrogens (tertiary/aromatic N) is 1. The molecule has 0 bridgehead atoms. The normalized spacial score (nSPS) is 23.0. The molecule has 3 rings (SSSR count). The van der Waals surface area contributed by atoms with Gasteiger partial charge in [-0.15, -0.1) is 0 Å². The van der Waals surface area contributed by atoms with E-state index in [2.05, 4.69) is 5.32 Å². The smallest absolute Gasteiger partial charge is 0.244 e. The molecular formula is C21H31ClN2O3S. The van der Waals surface area contributed by atoms with Gasteiger partial charge >= 0.3 is 0 Å². The van der Waals surface area contributed by atoms with Crippen LogP contribution < -0.4 is 5.32 Å². The van der Waals surface area contributed by atoms with Gasteiger partial charge in [-0.25, -0.2) is 8.42 Å². The first-order chi connectivity index (χ1) is 13.5. The predicted molar refractivity (Wildman–Crippen MR) is 112 cm³/mol.